The smallest absolute Gasteiger partial charge is 0.238 e. The van der Waals surface area contributed by atoms with E-state index in [-0.39, 0.29) is 6.04 Å². The van der Waals surface area contributed by atoms with E-state index in [1.54, 1.807) is 12.5 Å². The van der Waals surface area contributed by atoms with Crippen LogP contribution in [-0.4, -0.2) is 35.4 Å². The average molecular weight is 321 g/mol. The average Bonchev–Trinajstić information content (AvgIpc) is 2.99. The highest BCUT2D eigenvalue weighted by molar-refractivity contribution is 7.92. The SMILES string of the molecule is C[C@@H](NC(=O)[C@H](C)S(C)(=O)=O)c1ccc(-n2ccnc2)cc1. The standard InChI is InChI=1S/C15H19N3O3S/c1-11(17-15(19)12(2)22(3,20)21)13-4-6-14(7-5-13)18-9-8-16-10-18/h4-12H,1-3H3,(H,17,19)/t11-,12+/m1/s1. The summed E-state index contributed by atoms with van der Waals surface area (Å²) in [4.78, 5) is 15.9. The molecule has 118 valence electrons. The second-order valence-electron chi connectivity index (χ2n) is 5.26. The molecule has 0 fully saturated rings. The summed E-state index contributed by atoms with van der Waals surface area (Å²) in [5.74, 6) is -0.492. The number of hydrogen-bond donors (Lipinski definition) is 1. The molecular formula is C15H19N3O3S. The van der Waals surface area contributed by atoms with Gasteiger partial charge in [0.15, 0.2) is 9.84 Å². The van der Waals surface area contributed by atoms with Gasteiger partial charge in [-0.05, 0) is 31.5 Å². The minimum absolute atomic E-state index is 0.270. The van der Waals surface area contributed by atoms with Crippen LogP contribution in [0.2, 0.25) is 0 Å². The lowest BCUT2D eigenvalue weighted by Crippen LogP contribution is -2.38. The predicted octanol–water partition coefficient (Wildman–Crippen LogP) is 1.48. The van der Waals surface area contributed by atoms with Crippen LogP contribution in [0.5, 0.6) is 0 Å². The molecule has 0 aliphatic carbocycles. The Labute approximate surface area is 130 Å². The van der Waals surface area contributed by atoms with E-state index in [1.807, 2.05) is 42.0 Å². The summed E-state index contributed by atoms with van der Waals surface area (Å²) in [5.41, 5.74) is 1.86. The molecule has 0 aliphatic rings. The number of aromatic nitrogens is 2. The van der Waals surface area contributed by atoms with Gasteiger partial charge in [0.25, 0.3) is 0 Å². The molecule has 1 amide bonds. The lowest BCUT2D eigenvalue weighted by atomic mass is 10.1. The number of carbonyl (C=O) groups excluding carboxylic acids is 1. The first kappa shape index (κ1) is 16.2. The van der Waals surface area contributed by atoms with Crippen LogP contribution in [0, 0.1) is 0 Å². The van der Waals surface area contributed by atoms with Crippen molar-refractivity contribution >= 4 is 15.7 Å². The van der Waals surface area contributed by atoms with Gasteiger partial charge in [-0.2, -0.15) is 0 Å². The van der Waals surface area contributed by atoms with Crippen molar-refractivity contribution < 1.29 is 13.2 Å². The molecule has 2 rings (SSSR count). The first-order chi connectivity index (χ1) is 10.3. The Kier molecular flexibility index (Phi) is 4.65. The fourth-order valence-electron chi connectivity index (χ4n) is 1.96. The van der Waals surface area contributed by atoms with Crippen LogP contribution in [0.3, 0.4) is 0 Å². The molecule has 0 saturated heterocycles. The van der Waals surface area contributed by atoms with Gasteiger partial charge in [0.1, 0.15) is 5.25 Å². The molecule has 0 aliphatic heterocycles. The van der Waals surface area contributed by atoms with Crippen molar-refractivity contribution in [3.63, 3.8) is 0 Å². The van der Waals surface area contributed by atoms with Gasteiger partial charge in [0, 0.05) is 24.3 Å². The highest BCUT2D eigenvalue weighted by Gasteiger charge is 2.24. The first-order valence-corrected chi connectivity index (χ1v) is 8.82. The Morgan fingerprint density at radius 1 is 1.23 bits per heavy atom. The summed E-state index contributed by atoms with van der Waals surface area (Å²) in [5, 5.41) is 1.66. The molecule has 0 bridgehead atoms. The van der Waals surface area contributed by atoms with Crippen LogP contribution in [0.15, 0.2) is 43.0 Å². The Balaban J connectivity index is 2.07. The molecule has 0 spiro atoms. The molecule has 0 saturated carbocycles. The summed E-state index contributed by atoms with van der Waals surface area (Å²) in [7, 11) is -3.39. The Hall–Kier alpha value is -2.15. The van der Waals surface area contributed by atoms with E-state index in [9.17, 15) is 13.2 Å². The third-order valence-electron chi connectivity index (χ3n) is 3.57. The lowest BCUT2D eigenvalue weighted by Gasteiger charge is -2.17. The molecule has 0 unspecified atom stereocenters. The molecule has 0 radical (unpaired) electrons. The van der Waals surface area contributed by atoms with E-state index in [2.05, 4.69) is 10.3 Å². The highest BCUT2D eigenvalue weighted by atomic mass is 32.2. The van der Waals surface area contributed by atoms with Crippen LogP contribution in [0.1, 0.15) is 25.5 Å². The highest BCUT2D eigenvalue weighted by Crippen LogP contribution is 2.16. The van der Waals surface area contributed by atoms with E-state index in [1.165, 1.54) is 6.92 Å². The number of rotatable bonds is 5. The Bertz CT molecular complexity index is 737. The molecule has 1 heterocycles. The third-order valence-corrected chi connectivity index (χ3v) is 5.06. The minimum Gasteiger partial charge on any atom is -0.348 e. The van der Waals surface area contributed by atoms with Crippen molar-refractivity contribution in [3.8, 4) is 5.69 Å². The summed E-state index contributed by atoms with van der Waals surface area (Å²) < 4.78 is 24.7. The van der Waals surface area contributed by atoms with Gasteiger partial charge in [0.2, 0.25) is 5.91 Å². The number of nitrogens with one attached hydrogen (secondary N) is 1. The van der Waals surface area contributed by atoms with Gasteiger partial charge in [0.05, 0.1) is 12.4 Å². The number of hydrogen-bond acceptors (Lipinski definition) is 4. The predicted molar refractivity (Wildman–Crippen MR) is 84.4 cm³/mol. The zero-order valence-electron chi connectivity index (χ0n) is 12.7. The molecule has 6 nitrogen and oxygen atoms in total. The summed E-state index contributed by atoms with van der Waals surface area (Å²) in [6.07, 6.45) is 6.30. The van der Waals surface area contributed by atoms with Gasteiger partial charge in [-0.15, -0.1) is 0 Å². The fraction of sp³-hybridized carbons (Fsp3) is 0.333. The van der Waals surface area contributed by atoms with Gasteiger partial charge >= 0.3 is 0 Å². The van der Waals surface area contributed by atoms with Gasteiger partial charge in [-0.25, -0.2) is 13.4 Å². The van der Waals surface area contributed by atoms with Crippen LogP contribution in [0.25, 0.3) is 5.69 Å². The van der Waals surface area contributed by atoms with Crippen molar-refractivity contribution in [1.29, 1.82) is 0 Å². The van der Waals surface area contributed by atoms with E-state index in [0.29, 0.717) is 0 Å². The maximum absolute atomic E-state index is 11.9. The van der Waals surface area contributed by atoms with Gasteiger partial charge < -0.3 is 9.88 Å². The number of carbonyl (C=O) groups is 1. The molecule has 22 heavy (non-hydrogen) atoms. The normalized spacial score (nSPS) is 14.3. The maximum Gasteiger partial charge on any atom is 0.238 e. The number of imidazole rings is 1. The third kappa shape index (κ3) is 3.73. The molecular weight excluding hydrogens is 302 g/mol. The quantitative estimate of drug-likeness (QED) is 0.904. The first-order valence-electron chi connectivity index (χ1n) is 6.86. The van der Waals surface area contributed by atoms with Crippen molar-refractivity contribution in [3.05, 3.63) is 48.5 Å². The lowest BCUT2D eigenvalue weighted by molar-refractivity contribution is -0.121. The Morgan fingerprint density at radius 3 is 2.36 bits per heavy atom. The monoisotopic (exact) mass is 321 g/mol. The zero-order chi connectivity index (χ0) is 16.3. The molecule has 7 heteroatoms. The van der Waals surface area contributed by atoms with Crippen LogP contribution < -0.4 is 5.32 Å². The van der Waals surface area contributed by atoms with Gasteiger partial charge in [-0.3, -0.25) is 4.79 Å². The van der Waals surface area contributed by atoms with E-state index in [4.69, 9.17) is 0 Å². The molecule has 2 atom stereocenters. The van der Waals surface area contributed by atoms with Crippen LogP contribution >= 0.6 is 0 Å². The van der Waals surface area contributed by atoms with Crippen molar-refractivity contribution in [1.82, 2.24) is 14.9 Å². The second kappa shape index (κ2) is 6.31. The van der Waals surface area contributed by atoms with Crippen LogP contribution in [-0.2, 0) is 14.6 Å². The van der Waals surface area contributed by atoms with E-state index >= 15 is 0 Å². The van der Waals surface area contributed by atoms with Gasteiger partial charge in [-0.1, -0.05) is 12.1 Å². The molecule has 1 N–H and O–H groups in total. The number of sulfone groups is 1. The number of nitrogens with zero attached hydrogens (tertiary/aromatic N) is 2. The van der Waals surface area contributed by atoms with Crippen LogP contribution in [0.4, 0.5) is 0 Å². The molecule has 1 aromatic heterocycles. The van der Waals surface area contributed by atoms with E-state index < -0.39 is 21.0 Å². The zero-order valence-corrected chi connectivity index (χ0v) is 13.5. The summed E-state index contributed by atoms with van der Waals surface area (Å²) in [6, 6.07) is 7.35. The van der Waals surface area contributed by atoms with Crippen molar-refractivity contribution in [2.45, 2.75) is 25.1 Å². The largest absolute Gasteiger partial charge is 0.348 e. The number of benzene rings is 1. The van der Waals surface area contributed by atoms with E-state index in [0.717, 1.165) is 17.5 Å². The number of amides is 1. The minimum atomic E-state index is -3.39. The topological polar surface area (TPSA) is 81.1 Å². The van der Waals surface area contributed by atoms with Crippen molar-refractivity contribution in [2.24, 2.45) is 0 Å². The Morgan fingerprint density at radius 2 is 1.86 bits per heavy atom. The summed E-state index contributed by atoms with van der Waals surface area (Å²) >= 11 is 0. The fourth-order valence-corrected chi connectivity index (χ4v) is 2.41. The summed E-state index contributed by atoms with van der Waals surface area (Å²) in [6.45, 7) is 3.21. The molecule has 2 aromatic rings. The molecule has 1 aromatic carbocycles. The second-order valence-corrected chi connectivity index (χ2v) is 7.63. The maximum atomic E-state index is 11.9. The van der Waals surface area contributed by atoms with Crippen molar-refractivity contribution in [2.75, 3.05) is 6.26 Å².